The first kappa shape index (κ1) is 17.2. The van der Waals surface area contributed by atoms with E-state index in [1.807, 2.05) is 13.0 Å². The topological polar surface area (TPSA) is 63.6 Å². The van der Waals surface area contributed by atoms with Gasteiger partial charge >= 0.3 is 11.9 Å². The van der Waals surface area contributed by atoms with Crippen molar-refractivity contribution in [3.05, 3.63) is 23.8 Å². The van der Waals surface area contributed by atoms with Crippen molar-refractivity contribution in [2.75, 3.05) is 6.61 Å². The summed E-state index contributed by atoms with van der Waals surface area (Å²) < 4.78 is 5.00. The molecule has 4 nitrogen and oxygen atoms in total. The first-order valence-electron chi connectivity index (χ1n) is 9.06. The highest BCUT2D eigenvalue weighted by atomic mass is 16.5. The predicted octanol–water partition coefficient (Wildman–Crippen LogP) is 4.11. The Bertz CT molecular complexity index is 605. The molecule has 0 spiro atoms. The third kappa shape index (κ3) is 2.60. The van der Waals surface area contributed by atoms with Crippen LogP contribution in [0, 0.1) is 22.7 Å². The molecule has 4 atom stereocenters. The van der Waals surface area contributed by atoms with Crippen molar-refractivity contribution >= 4 is 11.9 Å². The third-order valence-corrected chi connectivity index (χ3v) is 7.02. The maximum atomic E-state index is 12.0. The zero-order valence-corrected chi connectivity index (χ0v) is 14.8. The van der Waals surface area contributed by atoms with E-state index >= 15 is 0 Å². The standard InChI is InChI=1S/C20H28O4/c1-13-5-8-16-19(2,10-4-11-20(16,3)18(22)23)15(13)7-6-14-9-12-24-17(14)21/h9,15-16H,1,4-8,10-12H2,2-3H3,(H,22,23)/t15?,16?,19-,20+/m1/s1. The lowest BCUT2D eigenvalue weighted by atomic mass is 9.46. The zero-order valence-electron chi connectivity index (χ0n) is 14.8. The number of hydrogen-bond acceptors (Lipinski definition) is 3. The molecule has 1 heterocycles. The number of fused-ring (bicyclic) bond motifs is 1. The van der Waals surface area contributed by atoms with Gasteiger partial charge in [-0.05, 0) is 68.8 Å². The molecule has 0 bridgehead atoms. The molecule has 2 fully saturated rings. The fourth-order valence-electron chi connectivity index (χ4n) is 5.64. The number of carbonyl (C=O) groups is 2. The molecule has 0 aromatic rings. The average Bonchev–Trinajstić information content (AvgIpc) is 2.91. The molecule has 1 aliphatic heterocycles. The normalized spacial score (nSPS) is 39.2. The zero-order chi connectivity index (χ0) is 17.5. The van der Waals surface area contributed by atoms with Crippen molar-refractivity contribution in [2.45, 2.75) is 58.8 Å². The van der Waals surface area contributed by atoms with Gasteiger partial charge in [-0.15, -0.1) is 0 Å². The van der Waals surface area contributed by atoms with Crippen molar-refractivity contribution in [3.63, 3.8) is 0 Å². The van der Waals surface area contributed by atoms with E-state index in [1.165, 1.54) is 5.57 Å². The number of ether oxygens (including phenoxy) is 1. The molecular weight excluding hydrogens is 304 g/mol. The smallest absolute Gasteiger partial charge is 0.334 e. The lowest BCUT2D eigenvalue weighted by Crippen LogP contribution is -2.53. The van der Waals surface area contributed by atoms with Crippen LogP contribution in [-0.2, 0) is 14.3 Å². The van der Waals surface area contributed by atoms with Crippen LogP contribution < -0.4 is 0 Å². The Kier molecular flexibility index (Phi) is 4.35. The number of esters is 1. The fraction of sp³-hybridized carbons (Fsp3) is 0.700. The Labute approximate surface area is 144 Å². The predicted molar refractivity (Wildman–Crippen MR) is 91.3 cm³/mol. The largest absolute Gasteiger partial charge is 0.481 e. The molecule has 4 heteroatoms. The molecule has 0 aromatic heterocycles. The van der Waals surface area contributed by atoms with Gasteiger partial charge in [0.05, 0.1) is 5.41 Å². The van der Waals surface area contributed by atoms with Gasteiger partial charge in [0, 0.05) is 5.57 Å². The van der Waals surface area contributed by atoms with E-state index in [4.69, 9.17) is 4.74 Å². The first-order chi connectivity index (χ1) is 11.3. The van der Waals surface area contributed by atoms with E-state index in [2.05, 4.69) is 13.5 Å². The van der Waals surface area contributed by atoms with Crippen LogP contribution in [0.3, 0.4) is 0 Å². The SMILES string of the molecule is C=C1CCC2[C@](C)(CCC[C@]2(C)C(=O)O)C1CCC1=CCOC1=O. The van der Waals surface area contributed by atoms with Crippen LogP contribution in [0.2, 0.25) is 0 Å². The monoisotopic (exact) mass is 332 g/mol. The maximum absolute atomic E-state index is 12.0. The Morgan fingerprint density at radius 3 is 2.79 bits per heavy atom. The van der Waals surface area contributed by atoms with E-state index in [9.17, 15) is 14.7 Å². The highest BCUT2D eigenvalue weighted by molar-refractivity contribution is 5.90. The molecule has 0 amide bonds. The summed E-state index contributed by atoms with van der Waals surface area (Å²) in [6.07, 6.45) is 8.01. The van der Waals surface area contributed by atoms with Gasteiger partial charge in [0.1, 0.15) is 6.61 Å². The molecule has 3 aliphatic rings. The first-order valence-corrected chi connectivity index (χ1v) is 9.06. The van der Waals surface area contributed by atoms with Gasteiger partial charge in [-0.2, -0.15) is 0 Å². The van der Waals surface area contributed by atoms with Crippen LogP contribution in [0.25, 0.3) is 0 Å². The number of carboxylic acid groups (broad SMARTS) is 1. The number of cyclic esters (lactones) is 1. The lowest BCUT2D eigenvalue weighted by Gasteiger charge is -2.57. The van der Waals surface area contributed by atoms with Crippen LogP contribution in [0.15, 0.2) is 23.8 Å². The fourth-order valence-corrected chi connectivity index (χ4v) is 5.64. The third-order valence-electron chi connectivity index (χ3n) is 7.02. The molecule has 0 aromatic carbocycles. The number of hydrogen-bond donors (Lipinski definition) is 1. The van der Waals surface area contributed by atoms with Crippen molar-refractivity contribution in [1.29, 1.82) is 0 Å². The molecule has 3 rings (SSSR count). The van der Waals surface area contributed by atoms with E-state index in [-0.39, 0.29) is 23.2 Å². The van der Waals surface area contributed by atoms with Crippen LogP contribution >= 0.6 is 0 Å². The summed E-state index contributed by atoms with van der Waals surface area (Å²) in [5.41, 5.74) is 1.32. The van der Waals surface area contributed by atoms with Gasteiger partial charge in [0.15, 0.2) is 0 Å². The van der Waals surface area contributed by atoms with Crippen molar-refractivity contribution in [3.8, 4) is 0 Å². The van der Waals surface area contributed by atoms with E-state index in [0.29, 0.717) is 13.0 Å². The Hall–Kier alpha value is -1.58. The molecule has 2 saturated carbocycles. The van der Waals surface area contributed by atoms with Crippen molar-refractivity contribution in [1.82, 2.24) is 0 Å². The minimum Gasteiger partial charge on any atom is -0.481 e. The Morgan fingerprint density at radius 1 is 1.42 bits per heavy atom. The number of rotatable bonds is 4. The summed E-state index contributed by atoms with van der Waals surface area (Å²) in [4.78, 5) is 23.7. The molecule has 24 heavy (non-hydrogen) atoms. The highest BCUT2D eigenvalue weighted by Crippen LogP contribution is 2.62. The van der Waals surface area contributed by atoms with Gasteiger partial charge in [0.25, 0.3) is 0 Å². The van der Waals surface area contributed by atoms with Gasteiger partial charge in [-0.3, -0.25) is 4.79 Å². The molecule has 0 saturated heterocycles. The van der Waals surface area contributed by atoms with Crippen LogP contribution in [0.5, 0.6) is 0 Å². The number of allylic oxidation sites excluding steroid dienone is 1. The van der Waals surface area contributed by atoms with E-state index < -0.39 is 11.4 Å². The van der Waals surface area contributed by atoms with E-state index in [0.717, 1.165) is 44.1 Å². The maximum Gasteiger partial charge on any atom is 0.334 e. The molecular formula is C20H28O4. The second-order valence-corrected chi connectivity index (χ2v) is 8.25. The van der Waals surface area contributed by atoms with Crippen molar-refractivity contribution < 1.29 is 19.4 Å². The number of aliphatic carboxylic acids is 1. The van der Waals surface area contributed by atoms with Crippen LogP contribution in [-0.4, -0.2) is 23.7 Å². The summed E-state index contributed by atoms with van der Waals surface area (Å²) in [6.45, 7) is 8.88. The minimum atomic E-state index is -0.660. The summed E-state index contributed by atoms with van der Waals surface area (Å²) in [5.74, 6) is -0.398. The highest BCUT2D eigenvalue weighted by Gasteiger charge is 2.57. The van der Waals surface area contributed by atoms with Crippen molar-refractivity contribution in [2.24, 2.45) is 22.7 Å². The van der Waals surface area contributed by atoms with Crippen LogP contribution in [0.1, 0.15) is 58.8 Å². The Morgan fingerprint density at radius 2 is 2.17 bits per heavy atom. The molecule has 2 aliphatic carbocycles. The van der Waals surface area contributed by atoms with Gasteiger partial charge < -0.3 is 9.84 Å². The van der Waals surface area contributed by atoms with Gasteiger partial charge in [0.2, 0.25) is 0 Å². The number of carboxylic acids is 1. The second-order valence-electron chi connectivity index (χ2n) is 8.25. The quantitative estimate of drug-likeness (QED) is 0.621. The second kappa shape index (κ2) is 6.05. The molecule has 0 radical (unpaired) electrons. The lowest BCUT2D eigenvalue weighted by molar-refractivity contribution is -0.164. The number of carbonyl (C=O) groups excluding carboxylic acids is 1. The molecule has 132 valence electrons. The van der Waals surface area contributed by atoms with E-state index in [1.54, 1.807) is 0 Å². The van der Waals surface area contributed by atoms with Gasteiger partial charge in [-0.25, -0.2) is 4.79 Å². The average molecular weight is 332 g/mol. The summed E-state index contributed by atoms with van der Waals surface area (Å²) in [5, 5.41) is 9.85. The summed E-state index contributed by atoms with van der Waals surface area (Å²) in [6, 6.07) is 0. The molecule has 1 N–H and O–H groups in total. The summed E-state index contributed by atoms with van der Waals surface area (Å²) >= 11 is 0. The Balaban J connectivity index is 1.83. The van der Waals surface area contributed by atoms with Gasteiger partial charge in [-0.1, -0.05) is 25.5 Å². The minimum absolute atomic E-state index is 0.0379. The molecule has 2 unspecified atom stereocenters. The van der Waals surface area contributed by atoms with Crippen LogP contribution in [0.4, 0.5) is 0 Å². The summed E-state index contributed by atoms with van der Waals surface area (Å²) in [7, 11) is 0.